The highest BCUT2D eigenvalue weighted by molar-refractivity contribution is 9.10. The van der Waals surface area contributed by atoms with Gasteiger partial charge < -0.3 is 10.4 Å². The van der Waals surface area contributed by atoms with Crippen molar-refractivity contribution in [1.29, 1.82) is 0 Å². The first-order chi connectivity index (χ1) is 9.06. The number of benzene rings is 1. The fraction of sp³-hybridized carbons (Fsp3) is 0.0909. The van der Waals surface area contributed by atoms with E-state index in [1.54, 1.807) is 12.3 Å². The number of hydrogen-bond acceptors (Lipinski definition) is 4. The van der Waals surface area contributed by atoms with Crippen LogP contribution in [-0.4, -0.2) is 32.0 Å². The molecule has 2 rings (SSSR count). The van der Waals surface area contributed by atoms with Gasteiger partial charge in [-0.25, -0.2) is 9.48 Å². The van der Waals surface area contributed by atoms with Crippen molar-refractivity contribution in [3.63, 3.8) is 0 Å². The van der Waals surface area contributed by atoms with E-state index in [4.69, 9.17) is 5.11 Å². The Morgan fingerprint density at radius 3 is 2.84 bits per heavy atom. The largest absolute Gasteiger partial charge is 0.478 e. The maximum atomic E-state index is 11.7. The van der Waals surface area contributed by atoms with Gasteiger partial charge in [-0.15, -0.1) is 5.10 Å². The van der Waals surface area contributed by atoms with E-state index in [9.17, 15) is 9.59 Å². The van der Waals surface area contributed by atoms with E-state index in [2.05, 4.69) is 31.6 Å². The Labute approximate surface area is 116 Å². The topological polar surface area (TPSA) is 97.1 Å². The predicted molar refractivity (Wildman–Crippen MR) is 69.8 cm³/mol. The van der Waals surface area contributed by atoms with E-state index in [-0.39, 0.29) is 23.7 Å². The lowest BCUT2D eigenvalue weighted by molar-refractivity contribution is -0.116. The molecule has 98 valence electrons. The van der Waals surface area contributed by atoms with Gasteiger partial charge in [0.15, 0.2) is 0 Å². The van der Waals surface area contributed by atoms with Gasteiger partial charge in [0.1, 0.15) is 6.54 Å². The summed E-state index contributed by atoms with van der Waals surface area (Å²) in [4.78, 5) is 22.8. The van der Waals surface area contributed by atoms with E-state index in [0.29, 0.717) is 4.47 Å². The highest BCUT2D eigenvalue weighted by atomic mass is 79.9. The van der Waals surface area contributed by atoms with Gasteiger partial charge in [-0.3, -0.25) is 4.79 Å². The lowest BCUT2D eigenvalue weighted by Crippen LogP contribution is -2.20. The SMILES string of the molecule is O=C(Cn1ccnn1)Nc1ccc(Br)cc1C(=O)O. The summed E-state index contributed by atoms with van der Waals surface area (Å²) in [5, 5.41) is 18.8. The number of nitrogens with one attached hydrogen (secondary N) is 1. The number of carbonyl (C=O) groups is 2. The second-order valence-corrected chi connectivity index (χ2v) is 4.56. The summed E-state index contributed by atoms with van der Waals surface area (Å²) in [6.45, 7) is -0.0326. The van der Waals surface area contributed by atoms with Gasteiger partial charge in [0.2, 0.25) is 5.91 Å². The number of hydrogen-bond donors (Lipinski definition) is 2. The molecule has 1 aromatic carbocycles. The van der Waals surface area contributed by atoms with Gasteiger partial charge >= 0.3 is 5.97 Å². The molecule has 1 aromatic heterocycles. The molecule has 19 heavy (non-hydrogen) atoms. The van der Waals surface area contributed by atoms with Gasteiger partial charge in [0.05, 0.1) is 17.4 Å². The fourth-order valence-electron chi connectivity index (χ4n) is 1.46. The van der Waals surface area contributed by atoms with Crippen LogP contribution in [0.25, 0.3) is 0 Å². The molecule has 0 fully saturated rings. The second kappa shape index (κ2) is 5.61. The highest BCUT2D eigenvalue weighted by Gasteiger charge is 2.13. The maximum Gasteiger partial charge on any atom is 0.337 e. The van der Waals surface area contributed by atoms with Crippen LogP contribution in [0, 0.1) is 0 Å². The smallest absolute Gasteiger partial charge is 0.337 e. The molecule has 0 aliphatic rings. The van der Waals surface area contributed by atoms with Crippen LogP contribution < -0.4 is 5.32 Å². The number of carboxylic acids is 1. The molecule has 0 saturated carbocycles. The lowest BCUT2D eigenvalue weighted by atomic mass is 10.2. The third kappa shape index (κ3) is 3.38. The molecule has 0 radical (unpaired) electrons. The Kier molecular flexibility index (Phi) is 3.91. The van der Waals surface area contributed by atoms with Crippen LogP contribution in [0.15, 0.2) is 35.1 Å². The number of aromatic nitrogens is 3. The monoisotopic (exact) mass is 324 g/mol. The Morgan fingerprint density at radius 2 is 2.21 bits per heavy atom. The Morgan fingerprint density at radius 1 is 1.42 bits per heavy atom. The molecule has 0 aliphatic carbocycles. The Hall–Kier alpha value is -2.22. The molecule has 1 amide bonds. The summed E-state index contributed by atoms with van der Waals surface area (Å²) >= 11 is 3.18. The van der Waals surface area contributed by atoms with Crippen molar-refractivity contribution in [2.45, 2.75) is 6.54 Å². The molecule has 7 nitrogen and oxygen atoms in total. The minimum absolute atomic E-state index is 0.0151. The zero-order valence-electron chi connectivity index (χ0n) is 9.58. The van der Waals surface area contributed by atoms with Crippen molar-refractivity contribution in [3.8, 4) is 0 Å². The third-order valence-corrected chi connectivity index (χ3v) is 2.76. The summed E-state index contributed by atoms with van der Waals surface area (Å²) in [7, 11) is 0. The second-order valence-electron chi connectivity index (χ2n) is 3.64. The molecule has 0 saturated heterocycles. The molecule has 2 aromatic rings. The average molecular weight is 325 g/mol. The standard InChI is InChI=1S/C11H9BrN4O3/c12-7-1-2-9(8(5-7)11(18)19)14-10(17)6-16-4-3-13-15-16/h1-5H,6H2,(H,14,17)(H,18,19). The van der Waals surface area contributed by atoms with Crippen molar-refractivity contribution >= 4 is 33.5 Å². The van der Waals surface area contributed by atoms with E-state index in [0.717, 1.165) is 0 Å². The van der Waals surface area contributed by atoms with Crippen LogP contribution in [0.5, 0.6) is 0 Å². The molecule has 1 heterocycles. The number of anilines is 1. The normalized spacial score (nSPS) is 10.2. The summed E-state index contributed by atoms with van der Waals surface area (Å²) in [6, 6.07) is 4.59. The summed E-state index contributed by atoms with van der Waals surface area (Å²) in [5.41, 5.74) is 0.252. The molecule has 0 atom stereocenters. The number of rotatable bonds is 4. The molecular formula is C11H9BrN4O3. The highest BCUT2D eigenvalue weighted by Crippen LogP contribution is 2.21. The molecule has 0 aliphatic heterocycles. The average Bonchev–Trinajstić information content (AvgIpc) is 2.83. The minimum Gasteiger partial charge on any atom is -0.478 e. The van der Waals surface area contributed by atoms with Crippen molar-refractivity contribution < 1.29 is 14.7 Å². The van der Waals surface area contributed by atoms with E-state index in [1.807, 2.05) is 0 Å². The van der Waals surface area contributed by atoms with E-state index >= 15 is 0 Å². The van der Waals surface area contributed by atoms with Gasteiger partial charge in [-0.05, 0) is 18.2 Å². The van der Waals surface area contributed by atoms with Crippen molar-refractivity contribution in [3.05, 3.63) is 40.6 Å². The van der Waals surface area contributed by atoms with Crippen LogP contribution in [-0.2, 0) is 11.3 Å². The number of carboxylic acid groups (broad SMARTS) is 1. The number of amides is 1. The molecule has 8 heteroatoms. The van der Waals surface area contributed by atoms with Gasteiger partial charge in [0.25, 0.3) is 0 Å². The molecule has 0 spiro atoms. The van der Waals surface area contributed by atoms with Crippen LogP contribution in [0.1, 0.15) is 10.4 Å². The predicted octanol–water partition coefficient (Wildman–Crippen LogP) is 1.38. The summed E-state index contributed by atoms with van der Waals surface area (Å²) in [5.74, 6) is -1.49. The van der Waals surface area contributed by atoms with Crippen LogP contribution in [0.2, 0.25) is 0 Å². The van der Waals surface area contributed by atoms with Gasteiger partial charge in [-0.1, -0.05) is 21.1 Å². The lowest BCUT2D eigenvalue weighted by Gasteiger charge is -2.08. The van der Waals surface area contributed by atoms with E-state index < -0.39 is 5.97 Å². The van der Waals surface area contributed by atoms with E-state index in [1.165, 1.54) is 23.0 Å². The Balaban J connectivity index is 2.14. The van der Waals surface area contributed by atoms with Crippen LogP contribution >= 0.6 is 15.9 Å². The summed E-state index contributed by atoms with van der Waals surface area (Å²) < 4.78 is 1.97. The zero-order valence-corrected chi connectivity index (χ0v) is 11.2. The Bertz CT molecular complexity index is 612. The van der Waals surface area contributed by atoms with Gasteiger partial charge in [0, 0.05) is 10.7 Å². The summed E-state index contributed by atoms with van der Waals surface area (Å²) in [6.07, 6.45) is 2.99. The first kappa shape index (κ1) is 13.2. The van der Waals surface area contributed by atoms with Crippen LogP contribution in [0.4, 0.5) is 5.69 Å². The number of halogens is 1. The first-order valence-corrected chi connectivity index (χ1v) is 6.02. The zero-order chi connectivity index (χ0) is 13.8. The van der Waals surface area contributed by atoms with Crippen LogP contribution in [0.3, 0.4) is 0 Å². The maximum absolute atomic E-state index is 11.7. The number of aromatic carboxylic acids is 1. The van der Waals surface area contributed by atoms with Crippen molar-refractivity contribution in [2.24, 2.45) is 0 Å². The molecular weight excluding hydrogens is 316 g/mol. The first-order valence-electron chi connectivity index (χ1n) is 5.23. The minimum atomic E-state index is -1.11. The molecule has 2 N–H and O–H groups in total. The quantitative estimate of drug-likeness (QED) is 0.885. The van der Waals surface area contributed by atoms with Crippen molar-refractivity contribution in [1.82, 2.24) is 15.0 Å². The number of nitrogens with zero attached hydrogens (tertiary/aromatic N) is 3. The number of carbonyl (C=O) groups excluding carboxylic acids is 1. The molecule has 0 unspecified atom stereocenters. The fourth-order valence-corrected chi connectivity index (χ4v) is 1.82. The van der Waals surface area contributed by atoms with Crippen molar-refractivity contribution in [2.75, 3.05) is 5.32 Å². The molecule has 0 bridgehead atoms. The van der Waals surface area contributed by atoms with Gasteiger partial charge in [-0.2, -0.15) is 0 Å². The third-order valence-electron chi connectivity index (χ3n) is 2.26.